The molecule has 70 valence electrons. The molecule has 1 rings (SSSR count). The van der Waals surface area contributed by atoms with Crippen LogP contribution in [0.3, 0.4) is 0 Å². The summed E-state index contributed by atoms with van der Waals surface area (Å²) in [5.74, 6) is -1.43. The number of ether oxygens (including phenoxy) is 1. The molecular weight excluding hydrogens is 195 g/mol. The van der Waals surface area contributed by atoms with Crippen molar-refractivity contribution in [2.45, 2.75) is 6.92 Å². The first-order chi connectivity index (χ1) is 6.16. The standard InChI is InChI=1S/C9H8ClFO2/c1-2-13-9(12)6-4-3-5-7(10)8(6)11/h3-5H,2H2,1H3. The third kappa shape index (κ3) is 2.18. The van der Waals surface area contributed by atoms with E-state index in [4.69, 9.17) is 11.6 Å². The molecule has 0 aliphatic rings. The summed E-state index contributed by atoms with van der Waals surface area (Å²) in [5.41, 5.74) is -0.130. The molecule has 0 aliphatic carbocycles. The molecule has 0 atom stereocenters. The van der Waals surface area contributed by atoms with Gasteiger partial charge < -0.3 is 4.74 Å². The van der Waals surface area contributed by atoms with Gasteiger partial charge in [0.15, 0.2) is 5.82 Å². The Balaban J connectivity index is 3.01. The molecule has 13 heavy (non-hydrogen) atoms. The van der Waals surface area contributed by atoms with Crippen molar-refractivity contribution in [1.29, 1.82) is 0 Å². The average molecular weight is 203 g/mol. The first-order valence-corrected chi connectivity index (χ1v) is 4.15. The van der Waals surface area contributed by atoms with Crippen molar-refractivity contribution in [3.8, 4) is 0 Å². The minimum absolute atomic E-state index is 0.0782. The highest BCUT2D eigenvalue weighted by atomic mass is 35.5. The van der Waals surface area contributed by atoms with Crippen LogP contribution in [0.25, 0.3) is 0 Å². The van der Waals surface area contributed by atoms with Gasteiger partial charge in [-0.15, -0.1) is 0 Å². The number of halogens is 2. The van der Waals surface area contributed by atoms with Gasteiger partial charge in [0, 0.05) is 0 Å². The average Bonchev–Trinajstić information content (AvgIpc) is 2.10. The van der Waals surface area contributed by atoms with Crippen LogP contribution in [-0.2, 0) is 4.74 Å². The van der Waals surface area contributed by atoms with E-state index in [-0.39, 0.29) is 17.2 Å². The van der Waals surface area contributed by atoms with E-state index in [0.717, 1.165) is 0 Å². The zero-order valence-corrected chi connectivity index (χ0v) is 7.77. The molecule has 0 heterocycles. The van der Waals surface area contributed by atoms with Gasteiger partial charge in [-0.3, -0.25) is 0 Å². The lowest BCUT2D eigenvalue weighted by Gasteiger charge is -2.03. The first-order valence-electron chi connectivity index (χ1n) is 3.78. The molecule has 0 spiro atoms. The molecule has 0 aromatic heterocycles. The van der Waals surface area contributed by atoms with Gasteiger partial charge >= 0.3 is 5.97 Å². The summed E-state index contributed by atoms with van der Waals surface area (Å²) >= 11 is 5.48. The van der Waals surface area contributed by atoms with Crippen LogP contribution in [0.2, 0.25) is 5.02 Å². The molecule has 0 unspecified atom stereocenters. The smallest absolute Gasteiger partial charge is 0.341 e. The van der Waals surface area contributed by atoms with Crippen molar-refractivity contribution in [2.24, 2.45) is 0 Å². The lowest BCUT2D eigenvalue weighted by atomic mass is 10.2. The molecule has 4 heteroatoms. The van der Waals surface area contributed by atoms with Crippen LogP contribution in [0.1, 0.15) is 17.3 Å². The second kappa shape index (κ2) is 4.23. The SMILES string of the molecule is CCOC(=O)c1cccc(Cl)c1F. The van der Waals surface area contributed by atoms with E-state index >= 15 is 0 Å². The van der Waals surface area contributed by atoms with E-state index in [9.17, 15) is 9.18 Å². The van der Waals surface area contributed by atoms with E-state index in [2.05, 4.69) is 4.74 Å². The molecule has 0 saturated carbocycles. The van der Waals surface area contributed by atoms with Crippen LogP contribution in [0.15, 0.2) is 18.2 Å². The van der Waals surface area contributed by atoms with Crippen molar-refractivity contribution in [2.75, 3.05) is 6.61 Å². The van der Waals surface area contributed by atoms with E-state index in [1.807, 2.05) is 0 Å². The predicted octanol–water partition coefficient (Wildman–Crippen LogP) is 2.66. The van der Waals surface area contributed by atoms with E-state index in [0.29, 0.717) is 0 Å². The second-order valence-electron chi connectivity index (χ2n) is 2.32. The Labute approximate surface area is 80.3 Å². The molecule has 1 aromatic rings. The minimum Gasteiger partial charge on any atom is -0.462 e. The van der Waals surface area contributed by atoms with Crippen molar-refractivity contribution in [3.05, 3.63) is 34.6 Å². The Morgan fingerprint density at radius 1 is 1.62 bits per heavy atom. The molecule has 1 aromatic carbocycles. The molecule has 0 aliphatic heterocycles. The summed E-state index contributed by atoms with van der Waals surface area (Å²) in [6.45, 7) is 1.87. The molecular formula is C9H8ClFO2. The number of benzene rings is 1. The highest BCUT2D eigenvalue weighted by Crippen LogP contribution is 2.18. The number of esters is 1. The van der Waals surface area contributed by atoms with Crippen LogP contribution in [0.5, 0.6) is 0 Å². The van der Waals surface area contributed by atoms with Gasteiger partial charge in [-0.1, -0.05) is 17.7 Å². The second-order valence-corrected chi connectivity index (χ2v) is 2.73. The van der Waals surface area contributed by atoms with Gasteiger partial charge in [-0.05, 0) is 19.1 Å². The molecule has 0 radical (unpaired) electrons. The number of carbonyl (C=O) groups excluding carboxylic acids is 1. The van der Waals surface area contributed by atoms with Crippen molar-refractivity contribution < 1.29 is 13.9 Å². The Morgan fingerprint density at radius 3 is 2.92 bits per heavy atom. The van der Waals surface area contributed by atoms with Crippen LogP contribution in [0, 0.1) is 5.82 Å². The van der Waals surface area contributed by atoms with Crippen molar-refractivity contribution >= 4 is 17.6 Å². The maximum absolute atomic E-state index is 13.1. The maximum Gasteiger partial charge on any atom is 0.341 e. The largest absolute Gasteiger partial charge is 0.462 e. The third-order valence-corrected chi connectivity index (χ3v) is 1.74. The topological polar surface area (TPSA) is 26.3 Å². The van der Waals surface area contributed by atoms with Crippen LogP contribution >= 0.6 is 11.6 Å². The van der Waals surface area contributed by atoms with Crippen molar-refractivity contribution in [3.63, 3.8) is 0 Å². The van der Waals surface area contributed by atoms with Crippen LogP contribution in [0.4, 0.5) is 4.39 Å². The van der Waals surface area contributed by atoms with Gasteiger partial charge in [0.2, 0.25) is 0 Å². The Morgan fingerprint density at radius 2 is 2.31 bits per heavy atom. The summed E-state index contributed by atoms with van der Waals surface area (Å²) < 4.78 is 17.8. The third-order valence-electron chi connectivity index (χ3n) is 1.45. The summed E-state index contributed by atoms with van der Waals surface area (Å²) in [6.07, 6.45) is 0. The van der Waals surface area contributed by atoms with Gasteiger partial charge in [0.1, 0.15) is 0 Å². The Kier molecular flexibility index (Phi) is 3.25. The van der Waals surface area contributed by atoms with Crippen LogP contribution < -0.4 is 0 Å². The quantitative estimate of drug-likeness (QED) is 0.690. The van der Waals surface area contributed by atoms with E-state index in [1.54, 1.807) is 6.92 Å². The van der Waals surface area contributed by atoms with Crippen LogP contribution in [-0.4, -0.2) is 12.6 Å². The minimum atomic E-state index is -0.734. The summed E-state index contributed by atoms with van der Waals surface area (Å²) in [4.78, 5) is 11.1. The maximum atomic E-state index is 13.1. The lowest BCUT2D eigenvalue weighted by molar-refractivity contribution is 0.0521. The fourth-order valence-corrected chi connectivity index (χ4v) is 1.04. The number of hydrogen-bond donors (Lipinski definition) is 0. The summed E-state index contributed by atoms with van der Waals surface area (Å²) in [7, 11) is 0. The predicted molar refractivity (Wildman–Crippen MR) is 47.4 cm³/mol. The zero-order chi connectivity index (χ0) is 9.84. The van der Waals surface area contributed by atoms with Gasteiger partial charge in [0.05, 0.1) is 17.2 Å². The van der Waals surface area contributed by atoms with Gasteiger partial charge in [0.25, 0.3) is 0 Å². The number of hydrogen-bond acceptors (Lipinski definition) is 2. The van der Waals surface area contributed by atoms with E-state index in [1.165, 1.54) is 18.2 Å². The number of rotatable bonds is 2. The highest BCUT2D eigenvalue weighted by molar-refractivity contribution is 6.31. The van der Waals surface area contributed by atoms with E-state index < -0.39 is 11.8 Å². The molecule has 0 amide bonds. The molecule has 0 bridgehead atoms. The Bertz CT molecular complexity index is 325. The van der Waals surface area contributed by atoms with Crippen molar-refractivity contribution in [1.82, 2.24) is 0 Å². The fourth-order valence-electron chi connectivity index (χ4n) is 0.870. The molecule has 0 fully saturated rings. The van der Waals surface area contributed by atoms with Gasteiger partial charge in [-0.2, -0.15) is 0 Å². The molecule has 2 nitrogen and oxygen atoms in total. The molecule has 0 N–H and O–H groups in total. The fraction of sp³-hybridized carbons (Fsp3) is 0.222. The number of carbonyl (C=O) groups is 1. The summed E-state index contributed by atoms with van der Waals surface area (Å²) in [6, 6.07) is 4.20. The normalized spacial score (nSPS) is 9.77. The lowest BCUT2D eigenvalue weighted by Crippen LogP contribution is -2.07. The summed E-state index contributed by atoms with van der Waals surface area (Å²) in [5, 5.41) is -0.0782. The van der Waals surface area contributed by atoms with Gasteiger partial charge in [-0.25, -0.2) is 9.18 Å². The first kappa shape index (κ1) is 9.99. The monoisotopic (exact) mass is 202 g/mol. The highest BCUT2D eigenvalue weighted by Gasteiger charge is 2.14. The Hall–Kier alpha value is -1.09. The zero-order valence-electron chi connectivity index (χ0n) is 7.01. The molecule has 0 saturated heterocycles.